The average molecular weight is 740 g/mol. The quantitative estimate of drug-likeness (QED) is 0.0552. The van der Waals surface area contributed by atoms with Gasteiger partial charge in [-0.05, 0) is 87.7 Å². The average Bonchev–Trinajstić information content (AvgIpc) is 3.05. The van der Waals surface area contributed by atoms with E-state index in [1.54, 1.807) is 45.9 Å². The maximum absolute atomic E-state index is 13.7. The number of aryl methyl sites for hydroxylation is 1. The zero-order valence-corrected chi connectivity index (χ0v) is 30.4. The molecule has 2 atom stereocenters. The number of benzene rings is 3. The standard InChI is InChI=1S/C35H41F3NO9PS/c1-7-49(42,44-6)46-21-34(20-45-22-43-5,39-32(41)48-33(2,3)4)16-15-23-11-14-29-28(17-23)31(40)27-13-12-26(19-30(27)50-29)47-25-10-8-9-24(18-25)35(36,37)38/h8-14,17-19H,7,15-16,20-22H2,1-6H3,(H,39,41). The number of alkyl carbamates (subject to hydrolysis) is 1. The molecule has 0 aliphatic heterocycles. The summed E-state index contributed by atoms with van der Waals surface area (Å²) in [4.78, 5) is 26.7. The van der Waals surface area contributed by atoms with Crippen molar-refractivity contribution in [3.8, 4) is 11.5 Å². The first kappa shape index (κ1) is 39.3. The first-order chi connectivity index (χ1) is 23.5. The third-order valence-electron chi connectivity index (χ3n) is 7.54. The number of hydrogen-bond donors (Lipinski definition) is 1. The highest BCUT2D eigenvalue weighted by Gasteiger charge is 2.37. The van der Waals surface area contributed by atoms with Crippen LogP contribution in [0.15, 0.2) is 65.5 Å². The molecule has 10 nitrogen and oxygen atoms in total. The Kier molecular flexibility index (Phi) is 12.7. The Morgan fingerprint density at radius 3 is 2.32 bits per heavy atom. The van der Waals surface area contributed by atoms with E-state index in [0.29, 0.717) is 26.6 Å². The summed E-state index contributed by atoms with van der Waals surface area (Å²) in [6, 6.07) is 14.8. The van der Waals surface area contributed by atoms with Crippen molar-refractivity contribution in [1.29, 1.82) is 0 Å². The number of fused-ring (bicyclic) bond motifs is 2. The van der Waals surface area contributed by atoms with Crippen LogP contribution in [0.1, 0.15) is 45.2 Å². The highest BCUT2D eigenvalue weighted by Crippen LogP contribution is 2.47. The summed E-state index contributed by atoms with van der Waals surface area (Å²) in [7, 11) is -0.716. The number of rotatable bonds is 15. The Hall–Kier alpha value is -3.52. The molecule has 0 radical (unpaired) electrons. The number of carbonyl (C=O) groups is 1. The molecular formula is C35H41F3NO9PS. The lowest BCUT2D eigenvalue weighted by Crippen LogP contribution is -2.56. The second-order valence-corrected chi connectivity index (χ2v) is 16.2. The summed E-state index contributed by atoms with van der Waals surface area (Å²) < 4.78 is 86.8. The number of carbonyl (C=O) groups excluding carboxylic acids is 1. The predicted octanol–water partition coefficient (Wildman–Crippen LogP) is 8.92. The lowest BCUT2D eigenvalue weighted by molar-refractivity contribution is -0.137. The summed E-state index contributed by atoms with van der Waals surface area (Å²) in [5.74, 6) is 0.309. The molecule has 0 fully saturated rings. The lowest BCUT2D eigenvalue weighted by Gasteiger charge is -2.36. The molecule has 0 saturated carbocycles. The van der Waals surface area contributed by atoms with Crippen molar-refractivity contribution in [3.05, 3.63) is 82.0 Å². The highest BCUT2D eigenvalue weighted by molar-refractivity contribution is 7.53. The molecule has 1 aromatic heterocycles. The van der Waals surface area contributed by atoms with Gasteiger partial charge >= 0.3 is 19.9 Å². The minimum Gasteiger partial charge on any atom is -0.457 e. The normalized spacial score (nSPS) is 14.7. The fourth-order valence-electron chi connectivity index (χ4n) is 5.01. The molecule has 1 N–H and O–H groups in total. The molecule has 1 amide bonds. The maximum Gasteiger partial charge on any atom is 0.416 e. The molecule has 4 rings (SSSR count). The summed E-state index contributed by atoms with van der Waals surface area (Å²) in [6.07, 6.45) is -4.55. The molecule has 0 spiro atoms. The first-order valence-corrected chi connectivity index (χ1v) is 18.2. The van der Waals surface area contributed by atoms with E-state index in [4.69, 9.17) is 28.0 Å². The van der Waals surface area contributed by atoms with Gasteiger partial charge in [0.25, 0.3) is 0 Å². The van der Waals surface area contributed by atoms with Gasteiger partial charge < -0.3 is 33.3 Å². The summed E-state index contributed by atoms with van der Waals surface area (Å²) in [5, 5.41) is 3.77. The van der Waals surface area contributed by atoms with E-state index in [0.717, 1.165) is 17.7 Å². The van der Waals surface area contributed by atoms with Gasteiger partial charge in [-0.3, -0.25) is 9.36 Å². The Labute approximate surface area is 292 Å². The molecule has 15 heteroatoms. The van der Waals surface area contributed by atoms with Crippen molar-refractivity contribution in [2.24, 2.45) is 0 Å². The van der Waals surface area contributed by atoms with E-state index in [1.807, 2.05) is 12.1 Å². The third kappa shape index (κ3) is 10.5. The van der Waals surface area contributed by atoms with Gasteiger partial charge in [-0.1, -0.05) is 19.1 Å². The van der Waals surface area contributed by atoms with Crippen LogP contribution in [0.2, 0.25) is 0 Å². The van der Waals surface area contributed by atoms with E-state index in [1.165, 1.54) is 43.8 Å². The maximum atomic E-state index is 13.7. The van der Waals surface area contributed by atoms with Crippen LogP contribution in [0.25, 0.3) is 20.2 Å². The molecule has 0 aliphatic rings. The number of ether oxygens (including phenoxy) is 4. The molecule has 2 unspecified atom stereocenters. The van der Waals surface area contributed by atoms with Gasteiger partial charge in [0, 0.05) is 40.6 Å². The van der Waals surface area contributed by atoms with Gasteiger partial charge in [0.05, 0.1) is 24.3 Å². The molecular weight excluding hydrogens is 698 g/mol. The number of methoxy groups -OCH3 is 1. The van der Waals surface area contributed by atoms with E-state index < -0.39 is 36.6 Å². The van der Waals surface area contributed by atoms with Crippen LogP contribution in [0.4, 0.5) is 18.0 Å². The van der Waals surface area contributed by atoms with Crippen LogP contribution in [-0.2, 0) is 40.4 Å². The largest absolute Gasteiger partial charge is 0.457 e. The zero-order chi connectivity index (χ0) is 36.7. The van der Waals surface area contributed by atoms with Gasteiger partial charge in [0.15, 0.2) is 5.43 Å². The Morgan fingerprint density at radius 2 is 1.66 bits per heavy atom. The van der Waals surface area contributed by atoms with Crippen molar-refractivity contribution in [3.63, 3.8) is 0 Å². The molecule has 1 heterocycles. The third-order valence-corrected chi connectivity index (χ3v) is 10.5. The van der Waals surface area contributed by atoms with Crippen molar-refractivity contribution in [2.75, 3.05) is 40.4 Å². The minimum absolute atomic E-state index is 0.0203. The van der Waals surface area contributed by atoms with Crippen LogP contribution in [0.5, 0.6) is 11.5 Å². The first-order valence-electron chi connectivity index (χ1n) is 15.7. The fourth-order valence-corrected chi connectivity index (χ4v) is 7.08. The second-order valence-electron chi connectivity index (χ2n) is 12.6. The van der Waals surface area contributed by atoms with Gasteiger partial charge in [-0.2, -0.15) is 13.2 Å². The van der Waals surface area contributed by atoms with E-state index in [-0.39, 0.29) is 49.5 Å². The smallest absolute Gasteiger partial charge is 0.416 e. The Bertz CT molecular complexity index is 1900. The van der Waals surface area contributed by atoms with E-state index >= 15 is 0 Å². The number of amides is 1. The van der Waals surface area contributed by atoms with Gasteiger partial charge in [-0.25, -0.2) is 4.79 Å². The number of halogens is 3. The van der Waals surface area contributed by atoms with Crippen LogP contribution in [-0.4, -0.2) is 57.6 Å². The highest BCUT2D eigenvalue weighted by atomic mass is 32.1. The Morgan fingerprint density at radius 1 is 0.920 bits per heavy atom. The van der Waals surface area contributed by atoms with Crippen LogP contribution in [0.3, 0.4) is 0 Å². The second kappa shape index (κ2) is 16.2. The molecule has 0 saturated heterocycles. The summed E-state index contributed by atoms with van der Waals surface area (Å²) in [6.45, 7) is 6.47. The van der Waals surface area contributed by atoms with Crippen molar-refractivity contribution in [1.82, 2.24) is 5.32 Å². The van der Waals surface area contributed by atoms with Crippen molar-refractivity contribution in [2.45, 2.75) is 57.9 Å². The van der Waals surface area contributed by atoms with Crippen LogP contribution >= 0.6 is 18.9 Å². The van der Waals surface area contributed by atoms with Crippen LogP contribution < -0.4 is 15.5 Å². The zero-order valence-electron chi connectivity index (χ0n) is 28.7. The lowest BCUT2D eigenvalue weighted by atomic mass is 9.92. The molecule has 272 valence electrons. The number of alkyl halides is 3. The topological polar surface area (TPSA) is 119 Å². The summed E-state index contributed by atoms with van der Waals surface area (Å²) >= 11 is 1.34. The van der Waals surface area contributed by atoms with E-state index in [9.17, 15) is 27.3 Å². The summed E-state index contributed by atoms with van der Waals surface area (Å²) in [5.41, 5.74) is -2.31. The van der Waals surface area contributed by atoms with Gasteiger partial charge in [0.2, 0.25) is 0 Å². The molecule has 50 heavy (non-hydrogen) atoms. The van der Waals surface area contributed by atoms with Crippen molar-refractivity contribution < 1.29 is 50.5 Å². The number of hydrogen-bond acceptors (Lipinski definition) is 10. The minimum atomic E-state index is -4.51. The van der Waals surface area contributed by atoms with E-state index in [2.05, 4.69) is 5.32 Å². The molecule has 4 aromatic rings. The fraction of sp³-hybridized carbons (Fsp3) is 0.429. The molecule has 0 aliphatic carbocycles. The van der Waals surface area contributed by atoms with Gasteiger partial charge in [0.1, 0.15) is 23.9 Å². The SMILES string of the molecule is CCP(=O)(OC)OCC(CCc1ccc2sc3cc(Oc4cccc(C(F)(F)F)c4)ccc3c(=O)c2c1)(COCOC)NC(=O)OC(C)(C)C. The van der Waals surface area contributed by atoms with Gasteiger partial charge in [-0.15, -0.1) is 11.3 Å². The monoisotopic (exact) mass is 739 g/mol. The predicted molar refractivity (Wildman–Crippen MR) is 186 cm³/mol. The molecule has 0 bridgehead atoms. The number of nitrogens with one attached hydrogen (secondary N) is 1. The van der Waals surface area contributed by atoms with Crippen molar-refractivity contribution >= 4 is 45.2 Å². The molecule has 3 aromatic carbocycles. The van der Waals surface area contributed by atoms with Crippen LogP contribution in [0, 0.1) is 0 Å². The Balaban J connectivity index is 1.63.